The normalized spacial score (nSPS) is 12.0. The number of H-pyrrole nitrogens is 1. The average Bonchev–Trinajstić information content (AvgIpc) is 2.60. The molecule has 1 unspecified atom stereocenters. The fraction of sp³-hybridized carbons (Fsp3) is 0.429. The molecule has 1 heterocycles. The molecule has 2 N–H and O–H groups in total. The average molecular weight is 434 g/mol. The fourth-order valence-corrected chi connectivity index (χ4v) is 3.59. The van der Waals surface area contributed by atoms with Crippen molar-refractivity contribution in [2.24, 2.45) is 0 Å². The largest absolute Gasteiger partial charge is 0.372 e. The number of halogens is 1. The van der Waals surface area contributed by atoms with Crippen LogP contribution in [-0.2, 0) is 6.54 Å². The van der Waals surface area contributed by atoms with Gasteiger partial charge in [-0.2, -0.15) is 0 Å². The second-order valence-corrected chi connectivity index (χ2v) is 8.01. The van der Waals surface area contributed by atoms with E-state index in [-0.39, 0.29) is 18.0 Å². The van der Waals surface area contributed by atoms with Gasteiger partial charge in [0.1, 0.15) is 0 Å². The summed E-state index contributed by atoms with van der Waals surface area (Å²) in [6, 6.07) is 6.13. The van der Waals surface area contributed by atoms with E-state index in [0.29, 0.717) is 17.2 Å². The number of anilines is 1. The van der Waals surface area contributed by atoms with Crippen LogP contribution in [0.2, 0.25) is 0 Å². The van der Waals surface area contributed by atoms with Crippen molar-refractivity contribution < 1.29 is 4.79 Å². The van der Waals surface area contributed by atoms with Crippen LogP contribution >= 0.6 is 15.9 Å². The molecule has 0 fully saturated rings. The van der Waals surface area contributed by atoms with E-state index in [1.807, 2.05) is 46.0 Å². The fourth-order valence-electron chi connectivity index (χ4n) is 3.14. The molecule has 2 aromatic rings. The van der Waals surface area contributed by atoms with Crippen molar-refractivity contribution in [3.05, 3.63) is 61.0 Å². The number of nitrogens with one attached hydrogen (secondary N) is 2. The molecule has 0 bridgehead atoms. The van der Waals surface area contributed by atoms with E-state index in [2.05, 4.69) is 45.0 Å². The first-order chi connectivity index (χ1) is 12.6. The van der Waals surface area contributed by atoms with Crippen LogP contribution in [0.5, 0.6) is 0 Å². The van der Waals surface area contributed by atoms with Crippen LogP contribution in [0.4, 0.5) is 5.69 Å². The molecule has 5 nitrogen and oxygen atoms in total. The minimum absolute atomic E-state index is 0.157. The number of benzene rings is 1. The van der Waals surface area contributed by atoms with Crippen LogP contribution in [0.25, 0.3) is 0 Å². The first-order valence-corrected chi connectivity index (χ1v) is 9.95. The smallest absolute Gasteiger partial charge is 0.253 e. The van der Waals surface area contributed by atoms with Crippen molar-refractivity contribution in [3.63, 3.8) is 0 Å². The van der Waals surface area contributed by atoms with Gasteiger partial charge in [0.25, 0.3) is 11.5 Å². The number of hydrogen-bond acceptors (Lipinski definition) is 3. The van der Waals surface area contributed by atoms with E-state index < -0.39 is 0 Å². The zero-order chi connectivity index (χ0) is 20.3. The molecule has 0 saturated heterocycles. The number of amides is 1. The molecule has 2 rings (SSSR count). The number of carbonyl (C=O) groups is 1. The molecule has 0 aliphatic heterocycles. The van der Waals surface area contributed by atoms with E-state index in [0.717, 1.165) is 33.4 Å². The van der Waals surface area contributed by atoms with Gasteiger partial charge < -0.3 is 15.2 Å². The maximum absolute atomic E-state index is 12.8. The van der Waals surface area contributed by atoms with Gasteiger partial charge in [-0.3, -0.25) is 9.59 Å². The highest BCUT2D eigenvalue weighted by Crippen LogP contribution is 2.29. The summed E-state index contributed by atoms with van der Waals surface area (Å²) >= 11 is 3.52. The third kappa shape index (κ3) is 4.80. The molecular weight excluding hydrogens is 406 g/mol. The Labute approximate surface area is 169 Å². The monoisotopic (exact) mass is 433 g/mol. The Bertz CT molecular complexity index is 905. The van der Waals surface area contributed by atoms with Gasteiger partial charge in [0.15, 0.2) is 0 Å². The summed E-state index contributed by atoms with van der Waals surface area (Å²) in [5.41, 5.74) is 4.67. The Kier molecular flexibility index (Phi) is 6.87. The molecule has 1 aromatic carbocycles. The molecule has 0 spiro atoms. The Morgan fingerprint density at radius 2 is 1.93 bits per heavy atom. The van der Waals surface area contributed by atoms with Crippen LogP contribution < -0.4 is 15.8 Å². The summed E-state index contributed by atoms with van der Waals surface area (Å²) < 4.78 is 0.854. The van der Waals surface area contributed by atoms with Crippen LogP contribution in [0.3, 0.4) is 0 Å². The summed E-state index contributed by atoms with van der Waals surface area (Å²) in [6.07, 6.45) is 1.01. The van der Waals surface area contributed by atoms with Crippen molar-refractivity contribution in [1.82, 2.24) is 10.3 Å². The third-order valence-electron chi connectivity index (χ3n) is 5.14. The lowest BCUT2D eigenvalue weighted by Gasteiger charge is -2.28. The summed E-state index contributed by atoms with van der Waals surface area (Å²) in [6.45, 7) is 10.2. The molecule has 0 saturated carbocycles. The number of hydrogen-bond donors (Lipinski definition) is 2. The molecule has 1 aromatic heterocycles. The second-order valence-electron chi connectivity index (χ2n) is 7.09. The maximum atomic E-state index is 12.8. The Hall–Kier alpha value is -2.08. The van der Waals surface area contributed by atoms with Gasteiger partial charge in [-0.15, -0.1) is 0 Å². The van der Waals surface area contributed by atoms with E-state index in [1.165, 1.54) is 0 Å². The molecule has 0 aliphatic carbocycles. The van der Waals surface area contributed by atoms with Crippen LogP contribution in [0.15, 0.2) is 27.5 Å². The lowest BCUT2D eigenvalue weighted by Crippen LogP contribution is -2.31. The van der Waals surface area contributed by atoms with E-state index in [1.54, 1.807) is 0 Å². The van der Waals surface area contributed by atoms with Crippen molar-refractivity contribution in [1.29, 1.82) is 0 Å². The lowest BCUT2D eigenvalue weighted by molar-refractivity contribution is 0.0950. The van der Waals surface area contributed by atoms with Gasteiger partial charge in [0.2, 0.25) is 0 Å². The summed E-state index contributed by atoms with van der Waals surface area (Å²) in [5, 5.41) is 2.90. The topological polar surface area (TPSA) is 65.2 Å². The van der Waals surface area contributed by atoms with Crippen molar-refractivity contribution in [3.8, 4) is 0 Å². The van der Waals surface area contributed by atoms with Gasteiger partial charge in [-0.25, -0.2) is 0 Å². The number of carbonyl (C=O) groups excluding carboxylic acids is 1. The van der Waals surface area contributed by atoms with Gasteiger partial charge in [-0.1, -0.05) is 22.9 Å². The van der Waals surface area contributed by atoms with Gasteiger partial charge >= 0.3 is 0 Å². The molecule has 1 amide bonds. The number of nitrogens with zero attached hydrogens (tertiary/aromatic N) is 1. The molecule has 6 heteroatoms. The van der Waals surface area contributed by atoms with Crippen molar-refractivity contribution in [2.75, 3.05) is 11.9 Å². The lowest BCUT2D eigenvalue weighted by atomic mass is 10.0. The van der Waals surface area contributed by atoms with Crippen LogP contribution in [0, 0.1) is 20.8 Å². The Balaban J connectivity index is 2.29. The standard InChI is InChI=1S/C21H28BrN3O2/c1-7-14(4)25(6)19-10-16(22)9-17(15(19)5)20(26)23-11-18-12(2)8-13(3)24-21(18)27/h8-10,14H,7,11H2,1-6H3,(H,23,26)(H,24,27). The molecule has 1 atom stereocenters. The minimum atomic E-state index is -0.188. The van der Waals surface area contributed by atoms with Crippen molar-refractivity contribution in [2.45, 2.75) is 53.6 Å². The van der Waals surface area contributed by atoms with Gasteiger partial charge in [0, 0.05) is 46.6 Å². The highest BCUT2D eigenvalue weighted by atomic mass is 79.9. The summed E-state index contributed by atoms with van der Waals surface area (Å²) in [4.78, 5) is 30.0. The maximum Gasteiger partial charge on any atom is 0.253 e. The highest BCUT2D eigenvalue weighted by Gasteiger charge is 2.18. The molecular formula is C21H28BrN3O2. The molecule has 146 valence electrons. The van der Waals surface area contributed by atoms with Gasteiger partial charge in [0.05, 0.1) is 0 Å². The highest BCUT2D eigenvalue weighted by molar-refractivity contribution is 9.10. The van der Waals surface area contributed by atoms with Crippen LogP contribution in [-0.4, -0.2) is 24.0 Å². The summed E-state index contributed by atoms with van der Waals surface area (Å²) in [7, 11) is 2.04. The Morgan fingerprint density at radius 3 is 2.52 bits per heavy atom. The summed E-state index contributed by atoms with van der Waals surface area (Å²) in [5.74, 6) is -0.188. The quantitative estimate of drug-likeness (QED) is 0.716. The number of rotatable bonds is 6. The number of pyridine rings is 1. The predicted molar refractivity (Wildman–Crippen MR) is 115 cm³/mol. The molecule has 0 radical (unpaired) electrons. The van der Waals surface area contributed by atoms with E-state index in [4.69, 9.17) is 0 Å². The molecule has 0 aliphatic rings. The zero-order valence-corrected chi connectivity index (χ0v) is 18.5. The van der Waals surface area contributed by atoms with Crippen molar-refractivity contribution >= 4 is 27.5 Å². The SMILES string of the molecule is CCC(C)N(C)c1cc(Br)cc(C(=O)NCc2c(C)cc(C)[nH]c2=O)c1C. The second kappa shape index (κ2) is 8.74. The number of aromatic amines is 1. The van der Waals surface area contributed by atoms with E-state index in [9.17, 15) is 9.59 Å². The predicted octanol–water partition coefficient (Wildman–Crippen LogP) is 4.23. The molecule has 27 heavy (non-hydrogen) atoms. The minimum Gasteiger partial charge on any atom is -0.372 e. The third-order valence-corrected chi connectivity index (χ3v) is 5.60. The first kappa shape index (κ1) is 21.2. The Morgan fingerprint density at radius 1 is 1.26 bits per heavy atom. The number of aryl methyl sites for hydroxylation is 2. The first-order valence-electron chi connectivity index (χ1n) is 9.16. The van der Waals surface area contributed by atoms with Crippen LogP contribution in [0.1, 0.15) is 53.0 Å². The van der Waals surface area contributed by atoms with E-state index >= 15 is 0 Å². The zero-order valence-electron chi connectivity index (χ0n) is 16.9. The van der Waals surface area contributed by atoms with Gasteiger partial charge in [-0.05, 0) is 63.4 Å². The number of aromatic nitrogens is 1.